The molecule has 2 atom stereocenters. The third kappa shape index (κ3) is 4.37. The van der Waals surface area contributed by atoms with E-state index in [-0.39, 0.29) is 30.9 Å². The van der Waals surface area contributed by atoms with Gasteiger partial charge >= 0.3 is 0 Å². The van der Waals surface area contributed by atoms with Crippen LogP contribution in [0.15, 0.2) is 12.4 Å². The number of aryl methyl sites for hydroxylation is 1. The Morgan fingerprint density at radius 1 is 1.41 bits per heavy atom. The Morgan fingerprint density at radius 3 is 2.86 bits per heavy atom. The van der Waals surface area contributed by atoms with Crippen molar-refractivity contribution in [3.63, 3.8) is 0 Å². The molecule has 2 aliphatic heterocycles. The summed E-state index contributed by atoms with van der Waals surface area (Å²) in [6, 6.07) is 0.248. The number of nitrogens with one attached hydrogen (secondary N) is 1. The molecular formula is C15H26Cl2N4O. The first-order valence-corrected chi connectivity index (χ1v) is 7.73. The van der Waals surface area contributed by atoms with Gasteiger partial charge in [0, 0.05) is 31.8 Å². The van der Waals surface area contributed by atoms with E-state index in [9.17, 15) is 4.79 Å². The first-order chi connectivity index (χ1) is 9.74. The highest BCUT2D eigenvalue weighted by atomic mass is 35.5. The van der Waals surface area contributed by atoms with E-state index in [4.69, 9.17) is 0 Å². The van der Waals surface area contributed by atoms with Gasteiger partial charge in [0.15, 0.2) is 0 Å². The van der Waals surface area contributed by atoms with Crippen LogP contribution >= 0.6 is 24.8 Å². The minimum absolute atomic E-state index is 0. The van der Waals surface area contributed by atoms with E-state index in [1.165, 1.54) is 12.0 Å². The average molecular weight is 349 g/mol. The first-order valence-electron chi connectivity index (χ1n) is 7.73. The smallest absolute Gasteiger partial charge is 0.223 e. The molecule has 7 heteroatoms. The summed E-state index contributed by atoms with van der Waals surface area (Å²) in [5, 5.41) is 7.60. The Morgan fingerprint density at radius 2 is 2.23 bits per heavy atom. The minimum atomic E-state index is 0. The number of carbonyl (C=O) groups excluding carboxylic acids is 1. The molecule has 1 aromatic heterocycles. The molecule has 2 aliphatic rings. The highest BCUT2D eigenvalue weighted by molar-refractivity contribution is 5.85. The van der Waals surface area contributed by atoms with Gasteiger partial charge in [-0.3, -0.25) is 9.48 Å². The monoisotopic (exact) mass is 348 g/mol. The van der Waals surface area contributed by atoms with Crippen molar-refractivity contribution in [3.05, 3.63) is 18.0 Å². The van der Waals surface area contributed by atoms with Gasteiger partial charge in [0.05, 0.1) is 12.2 Å². The van der Waals surface area contributed by atoms with Crippen molar-refractivity contribution in [2.45, 2.75) is 38.1 Å². The van der Waals surface area contributed by atoms with Crippen molar-refractivity contribution < 1.29 is 4.79 Å². The molecule has 1 N–H and O–H groups in total. The Labute approximate surface area is 144 Å². The molecule has 22 heavy (non-hydrogen) atoms. The van der Waals surface area contributed by atoms with Crippen molar-refractivity contribution in [2.24, 2.45) is 13.0 Å². The number of likely N-dealkylation sites (tertiary alicyclic amines) is 1. The quantitative estimate of drug-likeness (QED) is 0.908. The normalized spacial score (nSPS) is 24.0. The molecular weight excluding hydrogens is 323 g/mol. The Kier molecular flexibility index (Phi) is 7.66. The van der Waals surface area contributed by atoms with Gasteiger partial charge in [-0.2, -0.15) is 5.10 Å². The van der Waals surface area contributed by atoms with Gasteiger partial charge in [0.1, 0.15) is 0 Å². The molecule has 0 bridgehead atoms. The van der Waals surface area contributed by atoms with Gasteiger partial charge in [-0.25, -0.2) is 0 Å². The van der Waals surface area contributed by atoms with E-state index in [0.29, 0.717) is 18.2 Å². The molecule has 2 fully saturated rings. The lowest BCUT2D eigenvalue weighted by Crippen LogP contribution is -2.30. The summed E-state index contributed by atoms with van der Waals surface area (Å²) in [5.41, 5.74) is 1.18. The molecule has 0 saturated carbocycles. The standard InChI is InChI=1S/C15H24N4O.2ClH/c1-18-11-13(10-17-18)14-3-2-8-19(14)15(20)5-4-12-6-7-16-9-12;;/h10-12,14,16H,2-9H2,1H3;2*1H. The van der Waals surface area contributed by atoms with Crippen molar-refractivity contribution in [2.75, 3.05) is 19.6 Å². The molecule has 1 aromatic rings. The summed E-state index contributed by atoms with van der Waals surface area (Å²) in [5.74, 6) is 1.02. The van der Waals surface area contributed by atoms with Gasteiger partial charge < -0.3 is 10.2 Å². The maximum Gasteiger partial charge on any atom is 0.223 e. The summed E-state index contributed by atoms with van der Waals surface area (Å²) < 4.78 is 1.82. The Hall–Kier alpha value is -0.780. The molecule has 3 heterocycles. The fourth-order valence-electron chi connectivity index (χ4n) is 3.46. The van der Waals surface area contributed by atoms with E-state index >= 15 is 0 Å². The number of halogens is 2. The van der Waals surface area contributed by atoms with Crippen LogP contribution in [0.1, 0.15) is 43.7 Å². The lowest BCUT2D eigenvalue weighted by Gasteiger charge is -2.24. The number of rotatable bonds is 4. The zero-order valence-corrected chi connectivity index (χ0v) is 14.7. The fourth-order valence-corrected chi connectivity index (χ4v) is 3.46. The number of hydrogen-bond donors (Lipinski definition) is 1. The molecule has 0 radical (unpaired) electrons. The van der Waals surface area contributed by atoms with Crippen molar-refractivity contribution in [3.8, 4) is 0 Å². The zero-order valence-electron chi connectivity index (χ0n) is 13.0. The van der Waals surface area contributed by atoms with Crippen LogP contribution in [0.3, 0.4) is 0 Å². The van der Waals surface area contributed by atoms with Crippen LogP contribution in [0.5, 0.6) is 0 Å². The molecule has 2 saturated heterocycles. The molecule has 0 spiro atoms. The predicted octanol–water partition coefficient (Wildman–Crippen LogP) is 2.32. The summed E-state index contributed by atoms with van der Waals surface area (Å²) in [6.07, 6.45) is 9.07. The Bertz CT molecular complexity index is 474. The van der Waals surface area contributed by atoms with E-state index in [2.05, 4.69) is 15.3 Å². The molecule has 1 amide bonds. The van der Waals surface area contributed by atoms with Crippen LogP contribution in [0.25, 0.3) is 0 Å². The highest BCUT2D eigenvalue weighted by Crippen LogP contribution is 2.32. The minimum Gasteiger partial charge on any atom is -0.336 e. The molecule has 3 rings (SSSR count). The average Bonchev–Trinajstić information content (AvgIpc) is 3.16. The van der Waals surface area contributed by atoms with E-state index in [1.807, 2.05) is 24.1 Å². The molecule has 126 valence electrons. The topological polar surface area (TPSA) is 50.2 Å². The van der Waals surface area contributed by atoms with Gasteiger partial charge in [-0.05, 0) is 44.7 Å². The van der Waals surface area contributed by atoms with E-state index in [1.54, 1.807) is 0 Å². The number of carbonyl (C=O) groups is 1. The van der Waals surface area contributed by atoms with Gasteiger partial charge in [-0.15, -0.1) is 24.8 Å². The van der Waals surface area contributed by atoms with Crippen LogP contribution < -0.4 is 5.32 Å². The van der Waals surface area contributed by atoms with Crippen LogP contribution in [-0.2, 0) is 11.8 Å². The number of hydrogen-bond acceptors (Lipinski definition) is 3. The first kappa shape index (κ1) is 19.3. The molecule has 2 unspecified atom stereocenters. The van der Waals surface area contributed by atoms with Crippen LogP contribution in [0.2, 0.25) is 0 Å². The molecule has 0 aliphatic carbocycles. The van der Waals surface area contributed by atoms with Gasteiger partial charge in [0.2, 0.25) is 5.91 Å². The maximum absolute atomic E-state index is 12.5. The van der Waals surface area contributed by atoms with E-state index in [0.717, 1.165) is 38.9 Å². The largest absolute Gasteiger partial charge is 0.336 e. The lowest BCUT2D eigenvalue weighted by atomic mass is 10.0. The highest BCUT2D eigenvalue weighted by Gasteiger charge is 2.30. The summed E-state index contributed by atoms with van der Waals surface area (Å²) >= 11 is 0. The van der Waals surface area contributed by atoms with Crippen LogP contribution in [0, 0.1) is 5.92 Å². The maximum atomic E-state index is 12.5. The number of amides is 1. The second-order valence-corrected chi connectivity index (χ2v) is 6.09. The number of aromatic nitrogens is 2. The van der Waals surface area contributed by atoms with Crippen molar-refractivity contribution in [1.29, 1.82) is 0 Å². The molecule has 0 aromatic carbocycles. The van der Waals surface area contributed by atoms with Gasteiger partial charge in [0.25, 0.3) is 0 Å². The van der Waals surface area contributed by atoms with Crippen LogP contribution in [0.4, 0.5) is 0 Å². The van der Waals surface area contributed by atoms with E-state index < -0.39 is 0 Å². The van der Waals surface area contributed by atoms with Crippen LogP contribution in [-0.4, -0.2) is 40.2 Å². The summed E-state index contributed by atoms with van der Waals surface area (Å²) in [6.45, 7) is 3.10. The number of nitrogens with zero attached hydrogens (tertiary/aromatic N) is 3. The fraction of sp³-hybridized carbons (Fsp3) is 0.733. The second-order valence-electron chi connectivity index (χ2n) is 6.09. The lowest BCUT2D eigenvalue weighted by molar-refractivity contribution is -0.132. The summed E-state index contributed by atoms with van der Waals surface area (Å²) in [4.78, 5) is 14.5. The van der Waals surface area contributed by atoms with Gasteiger partial charge in [-0.1, -0.05) is 0 Å². The zero-order chi connectivity index (χ0) is 13.9. The SMILES string of the molecule is Cl.Cl.Cn1cc(C2CCCN2C(=O)CCC2CCNC2)cn1. The predicted molar refractivity (Wildman–Crippen MR) is 91.6 cm³/mol. The summed E-state index contributed by atoms with van der Waals surface area (Å²) in [7, 11) is 1.93. The molecule has 5 nitrogen and oxygen atoms in total. The van der Waals surface area contributed by atoms with Crippen molar-refractivity contribution in [1.82, 2.24) is 20.0 Å². The third-order valence-electron chi connectivity index (χ3n) is 4.61. The second kappa shape index (κ2) is 8.75. The van der Waals surface area contributed by atoms with Crippen molar-refractivity contribution >= 4 is 30.7 Å². The third-order valence-corrected chi connectivity index (χ3v) is 4.61. The Balaban J connectivity index is 0.00000121.